The van der Waals surface area contributed by atoms with Crippen LogP contribution in [0.3, 0.4) is 0 Å². The van der Waals surface area contributed by atoms with Crippen molar-refractivity contribution in [3.8, 4) is 11.5 Å². The average Bonchev–Trinajstić information content (AvgIpc) is 3.58. The van der Waals surface area contributed by atoms with Gasteiger partial charge in [0.15, 0.2) is 0 Å². The van der Waals surface area contributed by atoms with Crippen molar-refractivity contribution < 1.29 is 28.9 Å². The van der Waals surface area contributed by atoms with Crippen molar-refractivity contribution >= 4 is 17.4 Å². The van der Waals surface area contributed by atoms with Crippen molar-refractivity contribution in [2.24, 2.45) is 0 Å². The molecule has 0 aliphatic carbocycles. The number of ether oxygens (including phenoxy) is 3. The fourth-order valence-corrected chi connectivity index (χ4v) is 5.23. The number of unbranched alkanes of at least 4 members (excludes halogenated alkanes) is 1. The molecule has 7 heteroatoms. The van der Waals surface area contributed by atoms with Gasteiger partial charge in [0.1, 0.15) is 23.4 Å². The number of ketones is 1. The Balaban J connectivity index is 1.52. The van der Waals surface area contributed by atoms with Gasteiger partial charge in [-0.25, -0.2) is 0 Å². The molecule has 3 unspecified atom stereocenters. The van der Waals surface area contributed by atoms with Gasteiger partial charge in [-0.15, -0.1) is 0 Å². The van der Waals surface area contributed by atoms with Gasteiger partial charge in [-0.2, -0.15) is 0 Å². The quantitative estimate of drug-likeness (QED) is 0.247. The molecule has 3 aliphatic heterocycles. The Labute approximate surface area is 211 Å². The molecule has 3 aliphatic rings. The standard InChI is InChI=1S/C29H33NO6/c1-3-4-13-34-22-10-7-19(8-11-22)26-25(28(32)29(33)30(26)17-23-6-5-14-35-23)27(31)20-9-12-24-21(16-20)15-18(2)36-24/h7-12,16,18,23,26,31H,3-6,13-15,17H2,1-2H3. The molecule has 1 amide bonds. The van der Waals surface area contributed by atoms with Crippen LogP contribution in [0.2, 0.25) is 0 Å². The molecular weight excluding hydrogens is 458 g/mol. The third kappa shape index (κ3) is 4.72. The van der Waals surface area contributed by atoms with Gasteiger partial charge in [0.2, 0.25) is 0 Å². The molecule has 2 fully saturated rings. The highest BCUT2D eigenvalue weighted by Gasteiger charge is 2.47. The minimum Gasteiger partial charge on any atom is -0.507 e. The Kier molecular flexibility index (Phi) is 7.01. The fraction of sp³-hybridized carbons (Fsp3) is 0.448. The molecule has 0 radical (unpaired) electrons. The summed E-state index contributed by atoms with van der Waals surface area (Å²) in [6.45, 7) is 5.69. The molecule has 3 atom stereocenters. The predicted molar refractivity (Wildman–Crippen MR) is 135 cm³/mol. The molecule has 36 heavy (non-hydrogen) atoms. The summed E-state index contributed by atoms with van der Waals surface area (Å²) in [5.41, 5.74) is 2.33. The molecule has 3 heterocycles. The molecule has 0 saturated carbocycles. The molecule has 0 bridgehead atoms. The number of fused-ring (bicyclic) bond motifs is 1. The smallest absolute Gasteiger partial charge is 0.295 e. The van der Waals surface area contributed by atoms with Crippen LogP contribution in [-0.2, 0) is 20.7 Å². The second-order valence-corrected chi connectivity index (χ2v) is 9.81. The van der Waals surface area contributed by atoms with Crippen molar-refractivity contribution in [1.82, 2.24) is 4.90 Å². The summed E-state index contributed by atoms with van der Waals surface area (Å²) in [4.78, 5) is 28.1. The number of hydrogen-bond donors (Lipinski definition) is 1. The van der Waals surface area contributed by atoms with Gasteiger partial charge in [0.05, 0.1) is 24.3 Å². The first-order valence-corrected chi connectivity index (χ1v) is 12.9. The Bertz CT molecular complexity index is 1160. The summed E-state index contributed by atoms with van der Waals surface area (Å²) in [6, 6.07) is 12.1. The number of carbonyl (C=O) groups excluding carboxylic acids is 2. The highest BCUT2D eigenvalue weighted by Crippen LogP contribution is 2.41. The Morgan fingerprint density at radius 3 is 2.69 bits per heavy atom. The van der Waals surface area contributed by atoms with E-state index in [4.69, 9.17) is 14.2 Å². The summed E-state index contributed by atoms with van der Waals surface area (Å²) < 4.78 is 17.4. The van der Waals surface area contributed by atoms with Crippen LogP contribution in [0, 0.1) is 0 Å². The maximum Gasteiger partial charge on any atom is 0.295 e. The minimum atomic E-state index is -0.706. The highest BCUT2D eigenvalue weighted by atomic mass is 16.5. The first-order valence-electron chi connectivity index (χ1n) is 12.9. The van der Waals surface area contributed by atoms with E-state index in [1.165, 1.54) is 0 Å². The van der Waals surface area contributed by atoms with Crippen molar-refractivity contribution in [3.63, 3.8) is 0 Å². The number of Topliss-reactive ketones (excluding diaryl/α,β-unsaturated/α-hetero) is 1. The van der Waals surface area contributed by atoms with Crippen LogP contribution < -0.4 is 9.47 Å². The average molecular weight is 492 g/mol. The summed E-state index contributed by atoms with van der Waals surface area (Å²) in [7, 11) is 0. The molecular formula is C29H33NO6. The SMILES string of the molecule is CCCCOc1ccc(C2C(=C(O)c3ccc4c(c3)CC(C)O4)C(=O)C(=O)N2CC2CCCO2)cc1. The van der Waals surface area contributed by atoms with Crippen LogP contribution in [0.1, 0.15) is 62.3 Å². The molecule has 0 aromatic heterocycles. The molecule has 0 spiro atoms. The van der Waals surface area contributed by atoms with E-state index in [-0.39, 0.29) is 23.5 Å². The zero-order valence-electron chi connectivity index (χ0n) is 20.9. The zero-order chi connectivity index (χ0) is 25.2. The van der Waals surface area contributed by atoms with Crippen molar-refractivity contribution in [2.75, 3.05) is 19.8 Å². The van der Waals surface area contributed by atoms with Crippen molar-refractivity contribution in [1.29, 1.82) is 0 Å². The Hall–Kier alpha value is -3.32. The van der Waals surface area contributed by atoms with E-state index in [0.717, 1.165) is 54.7 Å². The van der Waals surface area contributed by atoms with Crippen LogP contribution in [0.4, 0.5) is 0 Å². The summed E-state index contributed by atoms with van der Waals surface area (Å²) in [5, 5.41) is 11.4. The topological polar surface area (TPSA) is 85.3 Å². The minimum absolute atomic E-state index is 0.0625. The molecule has 1 N–H and O–H groups in total. The molecule has 5 rings (SSSR count). The number of benzene rings is 2. The van der Waals surface area contributed by atoms with E-state index < -0.39 is 17.7 Å². The van der Waals surface area contributed by atoms with Gasteiger partial charge < -0.3 is 24.2 Å². The van der Waals surface area contributed by atoms with Crippen LogP contribution in [0.25, 0.3) is 5.76 Å². The number of likely N-dealkylation sites (tertiary alicyclic amines) is 1. The first-order chi connectivity index (χ1) is 17.5. The Morgan fingerprint density at radius 2 is 1.97 bits per heavy atom. The summed E-state index contributed by atoms with van der Waals surface area (Å²) in [6.07, 6.45) is 4.44. The lowest BCUT2D eigenvalue weighted by Crippen LogP contribution is -2.36. The van der Waals surface area contributed by atoms with E-state index in [0.29, 0.717) is 25.3 Å². The monoisotopic (exact) mass is 491 g/mol. The molecule has 7 nitrogen and oxygen atoms in total. The number of rotatable bonds is 8. The molecule has 2 saturated heterocycles. The van der Waals surface area contributed by atoms with E-state index >= 15 is 0 Å². The number of carbonyl (C=O) groups is 2. The zero-order valence-corrected chi connectivity index (χ0v) is 20.9. The third-order valence-electron chi connectivity index (χ3n) is 7.10. The van der Waals surface area contributed by atoms with Gasteiger partial charge in [-0.05, 0) is 67.6 Å². The van der Waals surface area contributed by atoms with Crippen molar-refractivity contribution in [3.05, 3.63) is 64.7 Å². The van der Waals surface area contributed by atoms with E-state index in [1.807, 2.05) is 43.3 Å². The van der Waals surface area contributed by atoms with Gasteiger partial charge in [0.25, 0.3) is 11.7 Å². The van der Waals surface area contributed by atoms with Gasteiger partial charge >= 0.3 is 0 Å². The lowest BCUT2D eigenvalue weighted by atomic mass is 9.94. The normalized spacial score (nSPS) is 24.7. The number of hydrogen-bond acceptors (Lipinski definition) is 6. The van der Waals surface area contributed by atoms with Crippen LogP contribution in [0.15, 0.2) is 48.0 Å². The van der Waals surface area contributed by atoms with Gasteiger partial charge in [-0.3, -0.25) is 9.59 Å². The third-order valence-corrected chi connectivity index (χ3v) is 7.10. The maximum atomic E-state index is 13.3. The summed E-state index contributed by atoms with van der Waals surface area (Å²) >= 11 is 0. The second kappa shape index (κ2) is 10.3. The number of aliphatic hydroxyl groups excluding tert-OH is 1. The van der Waals surface area contributed by atoms with Gasteiger partial charge in [-0.1, -0.05) is 25.5 Å². The molecule has 190 valence electrons. The van der Waals surface area contributed by atoms with Crippen LogP contribution in [-0.4, -0.2) is 53.7 Å². The first kappa shape index (κ1) is 24.4. The highest BCUT2D eigenvalue weighted by molar-refractivity contribution is 6.46. The number of nitrogens with zero attached hydrogens (tertiary/aromatic N) is 1. The fourth-order valence-electron chi connectivity index (χ4n) is 5.23. The van der Waals surface area contributed by atoms with E-state index in [2.05, 4.69) is 6.92 Å². The number of amides is 1. The van der Waals surface area contributed by atoms with Crippen LogP contribution >= 0.6 is 0 Å². The predicted octanol–water partition coefficient (Wildman–Crippen LogP) is 4.79. The lowest BCUT2D eigenvalue weighted by molar-refractivity contribution is -0.140. The summed E-state index contributed by atoms with van der Waals surface area (Å²) in [5.74, 6) is 0.0604. The van der Waals surface area contributed by atoms with E-state index in [1.54, 1.807) is 11.0 Å². The molecule has 2 aromatic rings. The number of aliphatic hydroxyl groups is 1. The maximum absolute atomic E-state index is 13.3. The van der Waals surface area contributed by atoms with E-state index in [9.17, 15) is 14.7 Å². The van der Waals surface area contributed by atoms with Crippen molar-refractivity contribution in [2.45, 2.75) is 64.2 Å². The lowest BCUT2D eigenvalue weighted by Gasteiger charge is -2.27. The van der Waals surface area contributed by atoms with Gasteiger partial charge in [0, 0.05) is 25.1 Å². The molecule has 2 aromatic carbocycles. The van der Waals surface area contributed by atoms with Crippen LogP contribution in [0.5, 0.6) is 11.5 Å². The Morgan fingerprint density at radius 1 is 1.17 bits per heavy atom. The largest absolute Gasteiger partial charge is 0.507 e. The second-order valence-electron chi connectivity index (χ2n) is 9.81.